The van der Waals surface area contributed by atoms with E-state index in [1.165, 1.54) is 21.0 Å². The molecule has 2 aliphatic rings. The first-order valence-corrected chi connectivity index (χ1v) is 7.59. The minimum Gasteiger partial charge on any atom is -0.287 e. The molecule has 1 atom stereocenters. The maximum absolute atomic E-state index is 12.6. The van der Waals surface area contributed by atoms with Crippen molar-refractivity contribution in [1.29, 1.82) is 0 Å². The number of hydrogen-bond acceptors (Lipinski definition) is 7. The van der Waals surface area contributed by atoms with E-state index in [0.29, 0.717) is 5.56 Å². The van der Waals surface area contributed by atoms with E-state index in [1.807, 2.05) is 6.07 Å². The summed E-state index contributed by atoms with van der Waals surface area (Å²) in [5.41, 5.74) is 0.891. The molecule has 0 bridgehead atoms. The van der Waals surface area contributed by atoms with E-state index in [2.05, 4.69) is 10.2 Å². The normalized spacial score (nSPS) is 22.3. The molecule has 1 N–H and O–H groups in total. The number of amides is 4. The number of imide groups is 2. The number of hydrogen-bond donors (Lipinski definition) is 1. The molecular formula is C16H17N5O4. The topological polar surface area (TPSA) is 106 Å². The van der Waals surface area contributed by atoms with Crippen LogP contribution >= 0.6 is 0 Å². The second kappa shape index (κ2) is 6.10. The van der Waals surface area contributed by atoms with E-state index in [9.17, 15) is 19.6 Å². The smallest absolute Gasteiger partial charge is 0.287 e. The molecule has 0 aromatic heterocycles. The van der Waals surface area contributed by atoms with Crippen molar-refractivity contribution in [3.8, 4) is 0 Å². The van der Waals surface area contributed by atoms with Crippen LogP contribution < -0.4 is 0 Å². The van der Waals surface area contributed by atoms with Crippen molar-refractivity contribution >= 4 is 29.4 Å². The number of urea groups is 1. The zero-order valence-corrected chi connectivity index (χ0v) is 13.9. The SMILES string of the molecule is CC1=NN=C(c2ccccc2)C(C2C(=O)N(C)C(=O)N(C)C2=O)N1O. The summed E-state index contributed by atoms with van der Waals surface area (Å²) in [6.45, 7) is 1.51. The first kappa shape index (κ1) is 16.8. The lowest BCUT2D eigenvalue weighted by Crippen LogP contribution is -2.64. The molecule has 9 nitrogen and oxygen atoms in total. The lowest BCUT2D eigenvalue weighted by molar-refractivity contribution is -0.154. The van der Waals surface area contributed by atoms with Crippen molar-refractivity contribution in [1.82, 2.24) is 14.9 Å². The molecule has 3 rings (SSSR count). The van der Waals surface area contributed by atoms with Crippen molar-refractivity contribution in [2.24, 2.45) is 16.1 Å². The Bertz CT molecular complexity index is 780. The molecule has 1 fully saturated rings. The molecule has 2 heterocycles. The monoisotopic (exact) mass is 343 g/mol. The summed E-state index contributed by atoms with van der Waals surface area (Å²) >= 11 is 0. The fourth-order valence-corrected chi connectivity index (χ4v) is 2.89. The summed E-state index contributed by atoms with van der Waals surface area (Å²) in [5, 5.41) is 19.2. The first-order valence-electron chi connectivity index (χ1n) is 7.59. The Balaban J connectivity index is 2.10. The highest BCUT2D eigenvalue weighted by molar-refractivity contribution is 6.21. The van der Waals surface area contributed by atoms with E-state index < -0.39 is 29.8 Å². The van der Waals surface area contributed by atoms with Gasteiger partial charge in [0.1, 0.15) is 17.8 Å². The zero-order valence-electron chi connectivity index (χ0n) is 13.9. The van der Waals surface area contributed by atoms with E-state index in [1.54, 1.807) is 24.3 Å². The summed E-state index contributed by atoms with van der Waals surface area (Å²) in [4.78, 5) is 39.0. The summed E-state index contributed by atoms with van der Waals surface area (Å²) in [5.74, 6) is -2.57. The Hall–Kier alpha value is -3.07. The fourth-order valence-electron chi connectivity index (χ4n) is 2.89. The second-order valence-electron chi connectivity index (χ2n) is 5.84. The molecule has 0 radical (unpaired) electrons. The van der Waals surface area contributed by atoms with Gasteiger partial charge < -0.3 is 0 Å². The molecule has 4 amide bonds. The molecule has 0 saturated carbocycles. The largest absolute Gasteiger partial charge is 0.332 e. The summed E-state index contributed by atoms with van der Waals surface area (Å²) in [6, 6.07) is 7.04. The number of hydroxylamine groups is 2. The maximum atomic E-state index is 12.6. The molecule has 2 aliphatic heterocycles. The van der Waals surface area contributed by atoms with Gasteiger partial charge in [0.25, 0.3) is 0 Å². The number of rotatable bonds is 2. The molecule has 0 aliphatic carbocycles. The van der Waals surface area contributed by atoms with Crippen LogP contribution in [0.3, 0.4) is 0 Å². The van der Waals surface area contributed by atoms with Crippen molar-refractivity contribution < 1.29 is 19.6 Å². The Kier molecular flexibility index (Phi) is 4.09. The number of benzene rings is 1. The van der Waals surface area contributed by atoms with Crippen LogP contribution in [0.25, 0.3) is 0 Å². The van der Waals surface area contributed by atoms with Gasteiger partial charge in [-0.3, -0.25) is 24.6 Å². The third-order valence-electron chi connectivity index (χ3n) is 4.33. The van der Waals surface area contributed by atoms with E-state index >= 15 is 0 Å². The number of nitrogens with zero attached hydrogens (tertiary/aromatic N) is 5. The van der Waals surface area contributed by atoms with Gasteiger partial charge in [0.05, 0.1) is 5.71 Å². The van der Waals surface area contributed by atoms with Gasteiger partial charge in [0.2, 0.25) is 11.8 Å². The second-order valence-corrected chi connectivity index (χ2v) is 5.84. The standard InChI is InChI=1S/C16H17N5O4/c1-9-17-18-12(10-7-5-4-6-8-10)13(21(9)25)11-14(22)19(2)16(24)20(3)15(11)23/h4-8,11,13,25H,1-3H3. The minimum absolute atomic E-state index is 0.146. The van der Waals surface area contributed by atoms with Crippen LogP contribution in [0.2, 0.25) is 0 Å². The van der Waals surface area contributed by atoms with Gasteiger partial charge >= 0.3 is 6.03 Å². The molecule has 1 aromatic rings. The number of carbonyl (C=O) groups excluding carboxylic acids is 3. The van der Waals surface area contributed by atoms with Crippen molar-refractivity contribution in [3.63, 3.8) is 0 Å². The fraction of sp³-hybridized carbons (Fsp3) is 0.312. The Morgan fingerprint density at radius 2 is 1.52 bits per heavy atom. The Morgan fingerprint density at radius 1 is 0.960 bits per heavy atom. The van der Waals surface area contributed by atoms with Gasteiger partial charge in [0.15, 0.2) is 0 Å². The van der Waals surface area contributed by atoms with Gasteiger partial charge in [0, 0.05) is 19.7 Å². The van der Waals surface area contributed by atoms with Crippen LogP contribution in [-0.2, 0) is 9.59 Å². The van der Waals surface area contributed by atoms with Gasteiger partial charge in [-0.1, -0.05) is 30.3 Å². The lowest BCUT2D eigenvalue weighted by Gasteiger charge is -2.40. The molecular weight excluding hydrogens is 326 g/mol. The quantitative estimate of drug-likeness (QED) is 0.789. The van der Waals surface area contributed by atoms with Gasteiger partial charge in [-0.25, -0.2) is 9.86 Å². The lowest BCUT2D eigenvalue weighted by atomic mass is 9.87. The highest BCUT2D eigenvalue weighted by Gasteiger charge is 2.51. The van der Waals surface area contributed by atoms with Crippen molar-refractivity contribution in [2.45, 2.75) is 13.0 Å². The predicted octanol–water partition coefficient (Wildman–Crippen LogP) is 0.549. The molecule has 1 aromatic carbocycles. The number of barbiturate groups is 1. The first-order chi connectivity index (χ1) is 11.8. The Morgan fingerprint density at radius 3 is 2.08 bits per heavy atom. The van der Waals surface area contributed by atoms with Gasteiger partial charge in [-0.15, -0.1) is 5.10 Å². The molecule has 130 valence electrons. The van der Waals surface area contributed by atoms with Crippen molar-refractivity contribution in [3.05, 3.63) is 35.9 Å². The average Bonchev–Trinajstić information content (AvgIpc) is 2.62. The van der Waals surface area contributed by atoms with Crippen LogP contribution in [0, 0.1) is 5.92 Å². The number of amidine groups is 1. The summed E-state index contributed by atoms with van der Waals surface area (Å²) in [7, 11) is 2.59. The highest BCUT2D eigenvalue weighted by Crippen LogP contribution is 2.27. The van der Waals surface area contributed by atoms with E-state index in [0.717, 1.165) is 14.9 Å². The van der Waals surface area contributed by atoms with E-state index in [-0.39, 0.29) is 11.5 Å². The predicted molar refractivity (Wildman–Crippen MR) is 87.9 cm³/mol. The minimum atomic E-state index is -1.32. The van der Waals surface area contributed by atoms with Gasteiger partial charge in [-0.2, -0.15) is 5.10 Å². The van der Waals surface area contributed by atoms with Crippen LogP contribution in [-0.4, -0.2) is 69.6 Å². The maximum Gasteiger partial charge on any atom is 0.332 e. The average molecular weight is 343 g/mol. The third-order valence-corrected chi connectivity index (χ3v) is 4.33. The van der Waals surface area contributed by atoms with Gasteiger partial charge in [-0.05, 0) is 6.92 Å². The third kappa shape index (κ3) is 2.58. The highest BCUT2D eigenvalue weighted by atomic mass is 16.5. The molecule has 1 unspecified atom stereocenters. The molecule has 9 heteroatoms. The van der Waals surface area contributed by atoms with Crippen LogP contribution in [0.4, 0.5) is 4.79 Å². The molecule has 25 heavy (non-hydrogen) atoms. The number of carbonyl (C=O) groups is 3. The molecule has 0 spiro atoms. The van der Waals surface area contributed by atoms with Crippen LogP contribution in [0.5, 0.6) is 0 Å². The van der Waals surface area contributed by atoms with E-state index in [4.69, 9.17) is 0 Å². The summed E-state index contributed by atoms with van der Waals surface area (Å²) < 4.78 is 0. The zero-order chi connectivity index (χ0) is 18.3. The summed E-state index contributed by atoms with van der Waals surface area (Å²) in [6.07, 6.45) is 0. The van der Waals surface area contributed by atoms with Crippen LogP contribution in [0.15, 0.2) is 40.5 Å². The molecule has 1 saturated heterocycles. The van der Waals surface area contributed by atoms with Crippen LogP contribution in [0.1, 0.15) is 12.5 Å². The Labute approximate surface area is 143 Å². The van der Waals surface area contributed by atoms with Crippen molar-refractivity contribution in [2.75, 3.05) is 14.1 Å².